The second kappa shape index (κ2) is 4.34. The third-order valence-corrected chi connectivity index (χ3v) is 3.10. The number of benzene rings is 1. The summed E-state index contributed by atoms with van der Waals surface area (Å²) in [6.45, 7) is 4.24. The van der Waals surface area contributed by atoms with Gasteiger partial charge in [-0.15, -0.1) is 12.3 Å². The highest BCUT2D eigenvalue weighted by Gasteiger charge is 2.46. The zero-order valence-corrected chi connectivity index (χ0v) is 10.8. The largest absolute Gasteiger partial charge is 0.347 e. The first kappa shape index (κ1) is 12.4. The Bertz CT molecular complexity index is 444. The van der Waals surface area contributed by atoms with E-state index in [-0.39, 0.29) is 0 Å². The van der Waals surface area contributed by atoms with Crippen LogP contribution >= 0.6 is 11.6 Å². The average molecular weight is 251 g/mol. The van der Waals surface area contributed by atoms with Gasteiger partial charge in [-0.3, -0.25) is 0 Å². The van der Waals surface area contributed by atoms with Crippen LogP contribution in [-0.4, -0.2) is 12.4 Å². The first-order chi connectivity index (χ1) is 7.97. The quantitative estimate of drug-likeness (QED) is 0.750. The zero-order chi connectivity index (χ0) is 12.5. The topological polar surface area (TPSA) is 18.5 Å². The molecule has 1 aromatic rings. The van der Waals surface area contributed by atoms with Gasteiger partial charge in [-0.05, 0) is 31.5 Å². The van der Waals surface area contributed by atoms with Crippen molar-refractivity contribution in [1.82, 2.24) is 0 Å². The van der Waals surface area contributed by atoms with E-state index in [0.29, 0.717) is 18.1 Å². The molecular formula is C14H15ClO2. The molecule has 17 heavy (non-hydrogen) atoms. The molecule has 1 atom stereocenters. The summed E-state index contributed by atoms with van der Waals surface area (Å²) in [5, 5.41) is 0.697. The molecule has 0 bridgehead atoms. The fourth-order valence-corrected chi connectivity index (χ4v) is 2.20. The van der Waals surface area contributed by atoms with Crippen LogP contribution in [0, 0.1) is 12.3 Å². The Hall–Kier alpha value is -1.01. The highest BCUT2D eigenvalue weighted by Crippen LogP contribution is 2.41. The number of hydrogen-bond acceptors (Lipinski definition) is 2. The molecule has 2 rings (SSSR count). The van der Waals surface area contributed by atoms with Crippen molar-refractivity contribution in [3.05, 3.63) is 34.9 Å². The van der Waals surface area contributed by atoms with Crippen molar-refractivity contribution in [2.75, 3.05) is 6.61 Å². The van der Waals surface area contributed by atoms with E-state index in [4.69, 9.17) is 27.5 Å². The summed E-state index contributed by atoms with van der Waals surface area (Å²) in [7, 11) is 0. The monoisotopic (exact) mass is 250 g/mol. The molecule has 0 radical (unpaired) electrons. The van der Waals surface area contributed by atoms with Crippen molar-refractivity contribution < 1.29 is 9.47 Å². The number of rotatable bonds is 2. The van der Waals surface area contributed by atoms with Gasteiger partial charge in [0.25, 0.3) is 0 Å². The van der Waals surface area contributed by atoms with E-state index in [1.54, 1.807) is 0 Å². The molecule has 1 saturated heterocycles. The molecular weight excluding hydrogens is 236 g/mol. The smallest absolute Gasteiger partial charge is 0.164 e. The molecule has 0 saturated carbocycles. The molecule has 0 amide bonds. The lowest BCUT2D eigenvalue weighted by atomic mass is 9.91. The Kier molecular flexibility index (Phi) is 3.18. The first-order valence-electron chi connectivity index (χ1n) is 5.51. The van der Waals surface area contributed by atoms with Gasteiger partial charge in [0.1, 0.15) is 5.60 Å². The molecule has 1 aromatic carbocycles. The molecule has 1 aliphatic rings. The molecule has 3 heteroatoms. The molecule has 1 unspecified atom stereocenters. The van der Waals surface area contributed by atoms with Gasteiger partial charge >= 0.3 is 0 Å². The predicted octanol–water partition coefficient (Wildman–Crippen LogP) is 3.34. The minimum Gasteiger partial charge on any atom is -0.347 e. The number of terminal acetylenes is 1. The molecule has 2 nitrogen and oxygen atoms in total. The van der Waals surface area contributed by atoms with Crippen molar-refractivity contribution in [1.29, 1.82) is 0 Å². The lowest BCUT2D eigenvalue weighted by molar-refractivity contribution is -0.162. The molecule has 1 aliphatic heterocycles. The number of halogens is 1. The Morgan fingerprint density at radius 2 is 2.00 bits per heavy atom. The van der Waals surface area contributed by atoms with E-state index in [1.807, 2.05) is 38.1 Å². The van der Waals surface area contributed by atoms with E-state index in [9.17, 15) is 0 Å². The van der Waals surface area contributed by atoms with Gasteiger partial charge in [0.05, 0.1) is 6.61 Å². The SMILES string of the molecule is C#CCC1(c2ccc(Cl)cc2)COC(C)(C)O1. The Morgan fingerprint density at radius 1 is 1.35 bits per heavy atom. The van der Waals surface area contributed by atoms with Gasteiger partial charge in [0.2, 0.25) is 0 Å². The number of hydrogen-bond donors (Lipinski definition) is 0. The summed E-state index contributed by atoms with van der Waals surface area (Å²) < 4.78 is 11.6. The summed E-state index contributed by atoms with van der Waals surface area (Å²) >= 11 is 5.88. The van der Waals surface area contributed by atoms with Crippen molar-refractivity contribution in [3.8, 4) is 12.3 Å². The van der Waals surface area contributed by atoms with E-state index in [2.05, 4.69) is 5.92 Å². The Labute approximate surface area is 107 Å². The van der Waals surface area contributed by atoms with Crippen LogP contribution in [-0.2, 0) is 15.1 Å². The first-order valence-corrected chi connectivity index (χ1v) is 5.89. The summed E-state index contributed by atoms with van der Waals surface area (Å²) in [5.41, 5.74) is 0.452. The van der Waals surface area contributed by atoms with Crippen molar-refractivity contribution in [2.24, 2.45) is 0 Å². The molecule has 90 valence electrons. The van der Waals surface area contributed by atoms with Crippen LogP contribution in [0.2, 0.25) is 5.02 Å². The normalized spacial score (nSPS) is 26.7. The Balaban J connectivity index is 2.36. The lowest BCUT2D eigenvalue weighted by Crippen LogP contribution is -2.31. The van der Waals surface area contributed by atoms with Crippen LogP contribution in [0.15, 0.2) is 24.3 Å². The molecule has 0 spiro atoms. The van der Waals surface area contributed by atoms with Gasteiger partial charge < -0.3 is 9.47 Å². The minimum atomic E-state index is -0.601. The highest BCUT2D eigenvalue weighted by atomic mass is 35.5. The van der Waals surface area contributed by atoms with Crippen molar-refractivity contribution >= 4 is 11.6 Å². The van der Waals surface area contributed by atoms with Gasteiger partial charge in [-0.2, -0.15) is 0 Å². The fraction of sp³-hybridized carbons (Fsp3) is 0.429. The standard InChI is InChI=1S/C14H15ClO2/c1-4-9-14(10-16-13(2,3)17-14)11-5-7-12(15)8-6-11/h1,5-8H,9-10H2,2-3H3. The van der Waals surface area contributed by atoms with Crippen LogP contribution in [0.1, 0.15) is 25.8 Å². The molecule has 0 N–H and O–H groups in total. The van der Waals surface area contributed by atoms with Crippen LogP contribution in [0.3, 0.4) is 0 Å². The summed E-state index contributed by atoms with van der Waals surface area (Å²) in [6, 6.07) is 7.54. The van der Waals surface area contributed by atoms with E-state index >= 15 is 0 Å². The molecule has 0 aromatic heterocycles. The van der Waals surface area contributed by atoms with Crippen LogP contribution in [0.4, 0.5) is 0 Å². The van der Waals surface area contributed by atoms with Crippen molar-refractivity contribution in [2.45, 2.75) is 31.7 Å². The van der Waals surface area contributed by atoms with Crippen LogP contribution < -0.4 is 0 Å². The van der Waals surface area contributed by atoms with Crippen molar-refractivity contribution in [3.63, 3.8) is 0 Å². The maximum absolute atomic E-state index is 5.99. The molecule has 1 fully saturated rings. The minimum absolute atomic E-state index is 0.464. The summed E-state index contributed by atoms with van der Waals surface area (Å²) in [5.74, 6) is 2.06. The molecule has 0 aliphatic carbocycles. The summed E-state index contributed by atoms with van der Waals surface area (Å²) in [6.07, 6.45) is 5.92. The van der Waals surface area contributed by atoms with E-state index in [0.717, 1.165) is 5.56 Å². The Morgan fingerprint density at radius 3 is 2.47 bits per heavy atom. The molecule has 1 heterocycles. The van der Waals surface area contributed by atoms with Gasteiger partial charge in [0, 0.05) is 11.4 Å². The fourth-order valence-electron chi connectivity index (χ4n) is 2.07. The van der Waals surface area contributed by atoms with Gasteiger partial charge in [-0.25, -0.2) is 0 Å². The van der Waals surface area contributed by atoms with E-state index < -0.39 is 11.4 Å². The lowest BCUT2D eigenvalue weighted by Gasteiger charge is -2.28. The third-order valence-electron chi connectivity index (χ3n) is 2.85. The third kappa shape index (κ3) is 2.47. The average Bonchev–Trinajstić information content (AvgIpc) is 2.57. The number of ether oxygens (including phenoxy) is 2. The van der Waals surface area contributed by atoms with Crippen LogP contribution in [0.5, 0.6) is 0 Å². The zero-order valence-electron chi connectivity index (χ0n) is 10.00. The maximum atomic E-state index is 5.99. The van der Waals surface area contributed by atoms with E-state index in [1.165, 1.54) is 0 Å². The highest BCUT2D eigenvalue weighted by molar-refractivity contribution is 6.30. The van der Waals surface area contributed by atoms with Gasteiger partial charge in [0.15, 0.2) is 5.79 Å². The van der Waals surface area contributed by atoms with Crippen LogP contribution in [0.25, 0.3) is 0 Å². The van der Waals surface area contributed by atoms with Gasteiger partial charge in [-0.1, -0.05) is 23.7 Å². The summed E-state index contributed by atoms with van der Waals surface area (Å²) in [4.78, 5) is 0. The maximum Gasteiger partial charge on any atom is 0.164 e. The second-order valence-electron chi connectivity index (χ2n) is 4.67. The predicted molar refractivity (Wildman–Crippen MR) is 67.7 cm³/mol. The second-order valence-corrected chi connectivity index (χ2v) is 5.11.